The molecule has 4 rings (SSSR count). The number of hydrogen-bond donors (Lipinski definition) is 1. The summed E-state index contributed by atoms with van der Waals surface area (Å²) < 4.78 is 11.0. The van der Waals surface area contributed by atoms with E-state index < -0.39 is 0 Å². The lowest BCUT2D eigenvalue weighted by molar-refractivity contribution is -0.117. The molecule has 1 saturated heterocycles. The van der Waals surface area contributed by atoms with Crippen LogP contribution in [-0.2, 0) is 4.79 Å². The first-order valence-electron chi connectivity index (χ1n) is 10.7. The lowest BCUT2D eigenvalue weighted by Crippen LogP contribution is -2.49. The Hall–Kier alpha value is -3.09. The third-order valence-corrected chi connectivity index (χ3v) is 5.63. The highest BCUT2D eigenvalue weighted by atomic mass is 16.5. The molecule has 162 valence electrons. The average molecular weight is 420 g/mol. The SMILES string of the molecule is COc1ccc(OCCN2CCN(CC(=O)Nc3cccc4ccccc34)CC2)cc1. The molecule has 0 saturated carbocycles. The molecule has 1 aliphatic rings. The van der Waals surface area contributed by atoms with Gasteiger partial charge in [0.05, 0.1) is 13.7 Å². The molecule has 6 nitrogen and oxygen atoms in total. The topological polar surface area (TPSA) is 54.0 Å². The van der Waals surface area contributed by atoms with E-state index in [0.29, 0.717) is 13.2 Å². The van der Waals surface area contributed by atoms with Gasteiger partial charge in [0, 0.05) is 43.8 Å². The number of rotatable bonds is 8. The van der Waals surface area contributed by atoms with Crippen LogP contribution in [0.15, 0.2) is 66.7 Å². The highest BCUT2D eigenvalue weighted by Crippen LogP contribution is 2.23. The Kier molecular flexibility index (Phi) is 7.02. The second-order valence-corrected chi connectivity index (χ2v) is 7.72. The number of carbonyl (C=O) groups excluding carboxylic acids is 1. The fourth-order valence-corrected chi connectivity index (χ4v) is 3.86. The molecular weight excluding hydrogens is 390 g/mol. The molecular formula is C25H29N3O3. The highest BCUT2D eigenvalue weighted by Gasteiger charge is 2.19. The van der Waals surface area contributed by atoms with Crippen LogP contribution in [0.5, 0.6) is 11.5 Å². The quantitative estimate of drug-likeness (QED) is 0.606. The number of benzene rings is 3. The number of methoxy groups -OCH3 is 1. The van der Waals surface area contributed by atoms with E-state index >= 15 is 0 Å². The van der Waals surface area contributed by atoms with Crippen LogP contribution in [0.3, 0.4) is 0 Å². The normalized spacial score (nSPS) is 15.0. The molecule has 1 heterocycles. The van der Waals surface area contributed by atoms with Gasteiger partial charge < -0.3 is 14.8 Å². The predicted molar refractivity (Wildman–Crippen MR) is 124 cm³/mol. The van der Waals surface area contributed by atoms with Crippen LogP contribution in [0.4, 0.5) is 5.69 Å². The molecule has 0 atom stereocenters. The summed E-state index contributed by atoms with van der Waals surface area (Å²) in [6.07, 6.45) is 0. The Morgan fingerprint density at radius 1 is 0.871 bits per heavy atom. The van der Waals surface area contributed by atoms with Gasteiger partial charge in [0.25, 0.3) is 0 Å². The molecule has 3 aromatic rings. The van der Waals surface area contributed by atoms with Crippen molar-refractivity contribution in [3.63, 3.8) is 0 Å². The van der Waals surface area contributed by atoms with Crippen molar-refractivity contribution in [3.05, 3.63) is 66.7 Å². The zero-order valence-corrected chi connectivity index (χ0v) is 17.9. The van der Waals surface area contributed by atoms with Gasteiger partial charge in [-0.25, -0.2) is 0 Å². The number of fused-ring (bicyclic) bond motifs is 1. The number of nitrogens with zero attached hydrogens (tertiary/aromatic N) is 2. The van der Waals surface area contributed by atoms with Crippen LogP contribution in [0, 0.1) is 0 Å². The molecule has 0 aromatic heterocycles. The van der Waals surface area contributed by atoms with Crippen LogP contribution in [0.2, 0.25) is 0 Å². The summed E-state index contributed by atoms with van der Waals surface area (Å²) in [7, 11) is 1.66. The molecule has 0 bridgehead atoms. The maximum atomic E-state index is 12.6. The molecule has 0 spiro atoms. The fraction of sp³-hybridized carbons (Fsp3) is 0.320. The Balaban J connectivity index is 1.18. The van der Waals surface area contributed by atoms with Gasteiger partial charge in [-0.05, 0) is 35.7 Å². The lowest BCUT2D eigenvalue weighted by atomic mass is 10.1. The molecule has 0 radical (unpaired) electrons. The van der Waals surface area contributed by atoms with Crippen molar-refractivity contribution in [1.82, 2.24) is 9.80 Å². The minimum Gasteiger partial charge on any atom is -0.497 e. The molecule has 0 aliphatic carbocycles. The Morgan fingerprint density at radius 2 is 1.55 bits per heavy atom. The Labute approximate surface area is 183 Å². The maximum Gasteiger partial charge on any atom is 0.238 e. The van der Waals surface area contributed by atoms with Gasteiger partial charge in [-0.15, -0.1) is 0 Å². The van der Waals surface area contributed by atoms with Crippen molar-refractivity contribution < 1.29 is 14.3 Å². The molecule has 31 heavy (non-hydrogen) atoms. The maximum absolute atomic E-state index is 12.6. The summed E-state index contributed by atoms with van der Waals surface area (Å²) in [6.45, 7) is 5.58. The number of piperazine rings is 1. The first-order valence-corrected chi connectivity index (χ1v) is 10.7. The standard InChI is InChI=1S/C25H29N3O3/c1-30-21-9-11-22(12-10-21)31-18-17-27-13-15-28(16-14-27)19-25(29)26-24-8-4-6-20-5-2-3-7-23(20)24/h2-12H,13-19H2,1H3,(H,26,29). The second kappa shape index (κ2) is 10.3. The third kappa shape index (κ3) is 5.75. The van der Waals surface area contributed by atoms with Gasteiger partial charge >= 0.3 is 0 Å². The first kappa shape index (κ1) is 21.2. The number of amides is 1. The fourth-order valence-electron chi connectivity index (χ4n) is 3.86. The molecule has 1 fully saturated rings. The summed E-state index contributed by atoms with van der Waals surface area (Å²) in [5.41, 5.74) is 0.873. The van der Waals surface area contributed by atoms with E-state index in [1.807, 2.05) is 54.6 Å². The summed E-state index contributed by atoms with van der Waals surface area (Å²) in [6, 6.07) is 21.7. The van der Waals surface area contributed by atoms with Gasteiger partial charge in [-0.3, -0.25) is 14.6 Å². The van der Waals surface area contributed by atoms with Gasteiger partial charge in [0.2, 0.25) is 5.91 Å². The molecule has 1 amide bonds. The number of anilines is 1. The van der Waals surface area contributed by atoms with E-state index in [-0.39, 0.29) is 5.91 Å². The largest absolute Gasteiger partial charge is 0.497 e. The second-order valence-electron chi connectivity index (χ2n) is 7.72. The summed E-state index contributed by atoms with van der Waals surface area (Å²) in [5, 5.41) is 5.28. The van der Waals surface area contributed by atoms with E-state index in [1.165, 1.54) is 0 Å². The Bertz CT molecular complexity index is 993. The van der Waals surface area contributed by atoms with Crippen molar-refractivity contribution in [2.45, 2.75) is 0 Å². The van der Waals surface area contributed by atoms with Crippen molar-refractivity contribution in [1.29, 1.82) is 0 Å². The van der Waals surface area contributed by atoms with Crippen LogP contribution < -0.4 is 14.8 Å². The van der Waals surface area contributed by atoms with Gasteiger partial charge in [0.15, 0.2) is 0 Å². The van der Waals surface area contributed by atoms with Crippen molar-refractivity contribution >= 4 is 22.4 Å². The first-order chi connectivity index (χ1) is 15.2. The molecule has 0 unspecified atom stereocenters. The third-order valence-electron chi connectivity index (χ3n) is 5.63. The van der Waals surface area contributed by atoms with Crippen molar-refractivity contribution in [2.75, 3.05) is 58.3 Å². The zero-order valence-electron chi connectivity index (χ0n) is 17.9. The van der Waals surface area contributed by atoms with E-state index in [2.05, 4.69) is 27.2 Å². The Morgan fingerprint density at radius 3 is 2.32 bits per heavy atom. The van der Waals surface area contributed by atoms with E-state index in [9.17, 15) is 4.79 Å². The van der Waals surface area contributed by atoms with Crippen LogP contribution in [-0.4, -0.2) is 68.7 Å². The average Bonchev–Trinajstić information content (AvgIpc) is 2.81. The number of hydrogen-bond acceptors (Lipinski definition) is 5. The molecule has 6 heteroatoms. The van der Waals surface area contributed by atoms with E-state index in [4.69, 9.17) is 9.47 Å². The van der Waals surface area contributed by atoms with E-state index in [1.54, 1.807) is 7.11 Å². The molecule has 3 aromatic carbocycles. The number of ether oxygens (including phenoxy) is 2. The highest BCUT2D eigenvalue weighted by molar-refractivity contribution is 6.02. The zero-order chi connectivity index (χ0) is 21.5. The summed E-state index contributed by atoms with van der Waals surface area (Å²) in [4.78, 5) is 17.2. The van der Waals surface area contributed by atoms with Crippen LogP contribution in [0.1, 0.15) is 0 Å². The van der Waals surface area contributed by atoms with Gasteiger partial charge in [-0.2, -0.15) is 0 Å². The van der Waals surface area contributed by atoms with Crippen LogP contribution >= 0.6 is 0 Å². The van der Waals surface area contributed by atoms with Gasteiger partial charge in [-0.1, -0.05) is 36.4 Å². The lowest BCUT2D eigenvalue weighted by Gasteiger charge is -2.34. The monoisotopic (exact) mass is 419 g/mol. The summed E-state index contributed by atoms with van der Waals surface area (Å²) >= 11 is 0. The molecule has 1 aliphatic heterocycles. The number of nitrogens with one attached hydrogen (secondary N) is 1. The van der Waals surface area contributed by atoms with Crippen molar-refractivity contribution in [3.8, 4) is 11.5 Å². The van der Waals surface area contributed by atoms with Crippen LogP contribution in [0.25, 0.3) is 10.8 Å². The molecule has 1 N–H and O–H groups in total. The smallest absolute Gasteiger partial charge is 0.238 e. The van der Waals surface area contributed by atoms with E-state index in [0.717, 1.165) is 60.7 Å². The predicted octanol–water partition coefficient (Wildman–Crippen LogP) is 3.48. The van der Waals surface area contributed by atoms with Gasteiger partial charge in [0.1, 0.15) is 18.1 Å². The summed E-state index contributed by atoms with van der Waals surface area (Å²) in [5.74, 6) is 1.71. The van der Waals surface area contributed by atoms with Crippen molar-refractivity contribution in [2.24, 2.45) is 0 Å². The minimum atomic E-state index is 0.0349. The minimum absolute atomic E-state index is 0.0349. The number of carbonyl (C=O) groups is 1.